The summed E-state index contributed by atoms with van der Waals surface area (Å²) in [5.41, 5.74) is 1.35. The fraction of sp³-hybridized carbons (Fsp3) is 1.00. The van der Waals surface area contributed by atoms with E-state index in [1.807, 2.05) is 0 Å². The predicted octanol–water partition coefficient (Wildman–Crippen LogP) is 5.72. The Morgan fingerprint density at radius 3 is 2.40 bits per heavy atom. The molecule has 0 heterocycles. The maximum atomic E-state index is 4.18. The third-order valence-corrected chi connectivity index (χ3v) is 10.9. The highest BCUT2D eigenvalue weighted by molar-refractivity contribution is 6.78. The summed E-state index contributed by atoms with van der Waals surface area (Å²) in [6.07, 6.45) is 11.9. The van der Waals surface area contributed by atoms with Gasteiger partial charge in [-0.25, -0.2) is 0 Å². The van der Waals surface area contributed by atoms with E-state index >= 15 is 0 Å². The van der Waals surface area contributed by atoms with E-state index < -0.39 is 8.24 Å². The zero-order chi connectivity index (χ0) is 14.8. The second-order valence-corrected chi connectivity index (χ2v) is 13.1. The van der Waals surface area contributed by atoms with Crippen LogP contribution in [0.25, 0.3) is 0 Å². The summed E-state index contributed by atoms with van der Waals surface area (Å²) in [5.74, 6) is 2.16. The summed E-state index contributed by atoms with van der Waals surface area (Å²) in [4.78, 5) is 4.18. The van der Waals surface area contributed by atoms with E-state index in [2.05, 4.69) is 39.2 Å². The molecule has 2 saturated carbocycles. The summed E-state index contributed by atoms with van der Waals surface area (Å²) >= 11 is 0. The van der Waals surface area contributed by atoms with Crippen molar-refractivity contribution in [3.63, 3.8) is 0 Å². The summed E-state index contributed by atoms with van der Waals surface area (Å²) < 4.78 is 0. The Morgan fingerprint density at radius 2 is 1.75 bits per heavy atom. The lowest BCUT2D eigenvalue weighted by molar-refractivity contribution is 0.272. The maximum Gasteiger partial charge on any atom is 0.126 e. The first-order valence-electron chi connectivity index (χ1n) is 9.15. The lowest BCUT2D eigenvalue weighted by atomic mass is 9.82. The number of fused-ring (bicyclic) bond motifs is 1. The average molecular weight is 296 g/mol. The fourth-order valence-electron chi connectivity index (χ4n) is 5.26. The van der Waals surface area contributed by atoms with Gasteiger partial charge in [0.15, 0.2) is 0 Å². The van der Waals surface area contributed by atoms with Crippen LogP contribution in [0.2, 0.25) is 18.1 Å². The second kappa shape index (κ2) is 6.52. The van der Waals surface area contributed by atoms with Crippen molar-refractivity contribution in [2.24, 2.45) is 11.8 Å². The van der Waals surface area contributed by atoms with Gasteiger partial charge in [0, 0.05) is 5.54 Å². The Bertz CT molecular complexity index is 309. The number of hydrogen-bond acceptors (Lipinski definition) is 1. The van der Waals surface area contributed by atoms with Gasteiger partial charge in [-0.05, 0) is 44.2 Å². The normalized spacial score (nSPS) is 33.8. The van der Waals surface area contributed by atoms with Crippen LogP contribution in [0, 0.1) is 11.8 Å². The third-order valence-electron chi connectivity index (χ3n) is 5.86. The molecule has 118 valence electrons. The van der Waals surface area contributed by atoms with E-state index in [1.54, 1.807) is 0 Å². The van der Waals surface area contributed by atoms with E-state index in [9.17, 15) is 0 Å². The van der Waals surface area contributed by atoms with Gasteiger partial charge in [0.05, 0.1) is 0 Å². The van der Waals surface area contributed by atoms with E-state index in [1.165, 1.54) is 57.4 Å². The summed E-state index contributed by atoms with van der Waals surface area (Å²) in [5, 5.41) is 0. The van der Waals surface area contributed by atoms with Crippen molar-refractivity contribution in [2.75, 3.05) is 0 Å². The summed E-state index contributed by atoms with van der Waals surface area (Å²) in [6.45, 7) is 12.1. The third kappa shape index (κ3) is 3.88. The van der Waals surface area contributed by atoms with Crippen LogP contribution in [0.5, 0.6) is 0 Å². The molecule has 0 radical (unpaired) electrons. The molecule has 2 aliphatic rings. The van der Waals surface area contributed by atoms with Crippen LogP contribution in [0.4, 0.5) is 0 Å². The van der Waals surface area contributed by atoms with Crippen LogP contribution < -0.4 is 4.98 Å². The Hall–Kier alpha value is 0.177. The Labute approximate surface area is 128 Å². The molecule has 2 aliphatic carbocycles. The first kappa shape index (κ1) is 16.5. The Kier molecular flexibility index (Phi) is 5.39. The Balaban J connectivity index is 2.13. The van der Waals surface area contributed by atoms with Gasteiger partial charge in [0.25, 0.3) is 0 Å². The van der Waals surface area contributed by atoms with Crippen LogP contribution in [-0.2, 0) is 0 Å². The minimum absolute atomic E-state index is 0.293. The van der Waals surface area contributed by atoms with Gasteiger partial charge in [-0.2, -0.15) is 0 Å². The zero-order valence-corrected chi connectivity index (χ0v) is 15.6. The predicted molar refractivity (Wildman–Crippen MR) is 92.7 cm³/mol. The van der Waals surface area contributed by atoms with Gasteiger partial charge in [0.1, 0.15) is 8.24 Å². The number of unbranched alkanes of at least 4 members (excludes halogenated alkanes) is 1. The van der Waals surface area contributed by atoms with E-state index in [-0.39, 0.29) is 0 Å². The van der Waals surface area contributed by atoms with Crippen LogP contribution in [0.3, 0.4) is 0 Å². The highest BCUT2D eigenvalue weighted by Crippen LogP contribution is 2.53. The van der Waals surface area contributed by atoms with Gasteiger partial charge in [-0.3, -0.25) is 0 Å². The van der Waals surface area contributed by atoms with Crippen molar-refractivity contribution in [3.8, 4) is 0 Å². The molecule has 0 spiro atoms. The molecule has 2 fully saturated rings. The molecule has 1 nitrogen and oxygen atoms in total. The van der Waals surface area contributed by atoms with Crippen molar-refractivity contribution in [2.45, 2.75) is 103 Å². The number of hydrogen-bond donors (Lipinski definition) is 1. The minimum Gasteiger partial charge on any atom is -0.332 e. The maximum absolute atomic E-state index is 4.18. The molecule has 0 amide bonds. The second-order valence-electron chi connectivity index (χ2n) is 8.79. The van der Waals surface area contributed by atoms with Gasteiger partial charge < -0.3 is 4.98 Å². The fourth-order valence-corrected chi connectivity index (χ4v) is 10.9. The topological polar surface area (TPSA) is 12.0 Å². The van der Waals surface area contributed by atoms with Gasteiger partial charge in [-0.1, -0.05) is 64.8 Å². The SMILES string of the molecule is CCCC[Si@](C)(NC(C)(C)C)C1CCC2CCCCC21. The highest BCUT2D eigenvalue weighted by atomic mass is 28.3. The minimum atomic E-state index is -1.33. The molecule has 0 aliphatic heterocycles. The number of rotatable bonds is 5. The smallest absolute Gasteiger partial charge is 0.126 e. The molecule has 20 heavy (non-hydrogen) atoms. The monoisotopic (exact) mass is 295 g/mol. The van der Waals surface area contributed by atoms with Crippen LogP contribution >= 0.6 is 0 Å². The van der Waals surface area contributed by atoms with Crippen molar-refractivity contribution in [1.29, 1.82) is 0 Å². The van der Waals surface area contributed by atoms with Gasteiger partial charge >= 0.3 is 0 Å². The molecule has 0 aromatic heterocycles. The van der Waals surface area contributed by atoms with Crippen molar-refractivity contribution in [1.82, 2.24) is 4.98 Å². The summed E-state index contributed by atoms with van der Waals surface area (Å²) in [7, 11) is -1.33. The van der Waals surface area contributed by atoms with Crippen molar-refractivity contribution >= 4 is 8.24 Å². The first-order chi connectivity index (χ1) is 9.36. The van der Waals surface area contributed by atoms with Gasteiger partial charge in [-0.15, -0.1) is 0 Å². The standard InChI is InChI=1S/C18H37NSi/c1-6-7-14-20(5,19-18(2,3)4)17-13-12-15-10-8-9-11-16(15)17/h15-17,19H,6-14H2,1-5H3/t15?,16?,17?,20-/m0/s1. The Morgan fingerprint density at radius 1 is 1.05 bits per heavy atom. The molecule has 0 saturated heterocycles. The summed E-state index contributed by atoms with van der Waals surface area (Å²) in [6, 6.07) is 1.49. The van der Waals surface area contributed by atoms with Crippen LogP contribution in [0.15, 0.2) is 0 Å². The first-order valence-corrected chi connectivity index (χ1v) is 11.9. The molecule has 1 N–H and O–H groups in total. The van der Waals surface area contributed by atoms with Crippen LogP contribution in [0.1, 0.15) is 79.1 Å². The molecule has 0 bridgehead atoms. The van der Waals surface area contributed by atoms with Crippen molar-refractivity contribution in [3.05, 3.63) is 0 Å². The molecule has 2 heteroatoms. The van der Waals surface area contributed by atoms with E-state index in [0.29, 0.717) is 5.54 Å². The molecule has 0 aromatic rings. The highest BCUT2D eigenvalue weighted by Gasteiger charge is 2.48. The lowest BCUT2D eigenvalue weighted by Crippen LogP contribution is -2.59. The molecule has 2 rings (SSSR count). The molecule has 4 atom stereocenters. The van der Waals surface area contributed by atoms with Gasteiger partial charge in [0.2, 0.25) is 0 Å². The molecular weight excluding hydrogens is 258 g/mol. The average Bonchev–Trinajstić information content (AvgIpc) is 2.79. The lowest BCUT2D eigenvalue weighted by Gasteiger charge is -2.44. The quantitative estimate of drug-likeness (QED) is 0.640. The molecular formula is C18H37NSi. The van der Waals surface area contributed by atoms with E-state index in [0.717, 1.165) is 17.4 Å². The molecule has 0 aromatic carbocycles. The number of nitrogens with one attached hydrogen (secondary N) is 1. The van der Waals surface area contributed by atoms with E-state index in [4.69, 9.17) is 0 Å². The largest absolute Gasteiger partial charge is 0.332 e. The zero-order valence-electron chi connectivity index (χ0n) is 14.6. The van der Waals surface area contributed by atoms with Crippen LogP contribution in [-0.4, -0.2) is 13.8 Å². The molecule has 3 unspecified atom stereocenters. The van der Waals surface area contributed by atoms with Crippen molar-refractivity contribution < 1.29 is 0 Å².